The van der Waals surface area contributed by atoms with Gasteiger partial charge in [-0.05, 0) is 5.56 Å². The van der Waals surface area contributed by atoms with Gasteiger partial charge in [-0.2, -0.15) is 5.26 Å². The zero-order valence-corrected chi connectivity index (χ0v) is 13.2. The number of carbonyl (C=O) groups excluding carboxylic acids is 1. The third-order valence-electron chi connectivity index (χ3n) is 4.48. The first kappa shape index (κ1) is 16.2. The van der Waals surface area contributed by atoms with E-state index in [4.69, 9.17) is 4.74 Å². The van der Waals surface area contributed by atoms with Gasteiger partial charge in [0.2, 0.25) is 5.91 Å². The number of nitrogens with zero attached hydrogens (tertiary/aromatic N) is 1. The number of hydrogen-bond acceptors (Lipinski definition) is 4. The minimum atomic E-state index is -1.71. The van der Waals surface area contributed by atoms with Crippen LogP contribution in [-0.2, 0) is 15.3 Å². The molecule has 122 valence electrons. The molecule has 2 aromatic rings. The van der Waals surface area contributed by atoms with Crippen molar-refractivity contribution < 1.29 is 14.6 Å². The molecule has 24 heavy (non-hydrogen) atoms. The van der Waals surface area contributed by atoms with Gasteiger partial charge in [0, 0.05) is 18.6 Å². The minimum Gasteiger partial charge on any atom is -0.375 e. The van der Waals surface area contributed by atoms with Gasteiger partial charge in [-0.3, -0.25) is 4.79 Å². The van der Waals surface area contributed by atoms with Crippen molar-refractivity contribution in [2.75, 3.05) is 7.11 Å². The molecule has 4 atom stereocenters. The van der Waals surface area contributed by atoms with E-state index in [1.54, 1.807) is 24.3 Å². The van der Waals surface area contributed by atoms with Gasteiger partial charge in [-0.25, -0.2) is 0 Å². The number of piperidine rings is 1. The fourth-order valence-electron chi connectivity index (χ4n) is 3.36. The van der Waals surface area contributed by atoms with Gasteiger partial charge in [-0.15, -0.1) is 0 Å². The number of hydrogen-bond donors (Lipinski definition) is 2. The third-order valence-corrected chi connectivity index (χ3v) is 4.48. The van der Waals surface area contributed by atoms with Crippen LogP contribution in [-0.4, -0.2) is 24.2 Å². The zero-order valence-electron chi connectivity index (χ0n) is 13.2. The van der Waals surface area contributed by atoms with E-state index in [0.29, 0.717) is 5.56 Å². The van der Waals surface area contributed by atoms with Crippen molar-refractivity contribution in [2.24, 2.45) is 5.92 Å². The van der Waals surface area contributed by atoms with E-state index in [1.165, 1.54) is 7.11 Å². The normalized spacial score (nSPS) is 29.5. The largest absolute Gasteiger partial charge is 0.375 e. The van der Waals surface area contributed by atoms with Gasteiger partial charge in [0.1, 0.15) is 12.0 Å². The monoisotopic (exact) mass is 322 g/mol. The lowest BCUT2D eigenvalue weighted by Crippen LogP contribution is -2.64. The first-order valence-corrected chi connectivity index (χ1v) is 7.69. The van der Waals surface area contributed by atoms with Gasteiger partial charge >= 0.3 is 0 Å². The van der Waals surface area contributed by atoms with Crippen molar-refractivity contribution in [3.63, 3.8) is 0 Å². The molecule has 0 aromatic heterocycles. The lowest BCUT2D eigenvalue weighted by molar-refractivity contribution is -0.172. The van der Waals surface area contributed by atoms with Crippen LogP contribution in [0, 0.1) is 17.2 Å². The number of benzene rings is 2. The molecular formula is C19H18N2O3. The molecule has 3 rings (SSSR count). The Morgan fingerprint density at radius 2 is 1.71 bits per heavy atom. The van der Waals surface area contributed by atoms with Crippen molar-refractivity contribution in [3.05, 3.63) is 71.8 Å². The summed E-state index contributed by atoms with van der Waals surface area (Å²) in [5, 5.41) is 23.3. The Morgan fingerprint density at radius 3 is 2.25 bits per heavy atom. The van der Waals surface area contributed by atoms with Gasteiger partial charge in [0.05, 0.1) is 6.07 Å². The summed E-state index contributed by atoms with van der Waals surface area (Å²) in [6, 6.07) is 20.1. The van der Waals surface area contributed by atoms with E-state index in [1.807, 2.05) is 36.4 Å². The molecule has 0 aliphatic carbocycles. The predicted molar refractivity (Wildman–Crippen MR) is 87.6 cm³/mol. The smallest absolute Gasteiger partial charge is 0.240 e. The highest BCUT2D eigenvalue weighted by Gasteiger charge is 2.54. The maximum atomic E-state index is 12.5. The lowest BCUT2D eigenvalue weighted by Gasteiger charge is -2.46. The van der Waals surface area contributed by atoms with E-state index in [0.717, 1.165) is 5.56 Å². The van der Waals surface area contributed by atoms with Gasteiger partial charge in [0.25, 0.3) is 0 Å². The first-order valence-electron chi connectivity index (χ1n) is 7.69. The average Bonchev–Trinajstić information content (AvgIpc) is 2.62. The number of amides is 1. The Bertz CT molecular complexity index is 757. The van der Waals surface area contributed by atoms with Crippen LogP contribution in [0.3, 0.4) is 0 Å². The van der Waals surface area contributed by atoms with Crippen molar-refractivity contribution >= 4 is 5.91 Å². The van der Waals surface area contributed by atoms with E-state index in [2.05, 4.69) is 11.4 Å². The average molecular weight is 322 g/mol. The molecule has 0 radical (unpaired) electrons. The Morgan fingerprint density at radius 1 is 1.12 bits per heavy atom. The summed E-state index contributed by atoms with van der Waals surface area (Å²) in [6.07, 6.45) is -0.801. The van der Waals surface area contributed by atoms with Crippen LogP contribution in [0.4, 0.5) is 0 Å². The minimum absolute atomic E-state index is 0.508. The van der Waals surface area contributed by atoms with Crippen LogP contribution in [0.15, 0.2) is 60.7 Å². The number of methoxy groups -OCH3 is 1. The number of rotatable bonds is 3. The molecule has 1 amide bonds. The van der Waals surface area contributed by atoms with Crippen molar-refractivity contribution in [1.82, 2.24) is 5.32 Å². The van der Waals surface area contributed by atoms with Gasteiger partial charge in [0.15, 0.2) is 5.72 Å². The molecule has 1 heterocycles. The van der Waals surface area contributed by atoms with Gasteiger partial charge < -0.3 is 15.2 Å². The molecule has 2 N–H and O–H groups in total. The number of carbonyl (C=O) groups is 1. The van der Waals surface area contributed by atoms with E-state index in [9.17, 15) is 15.2 Å². The molecule has 1 aliphatic rings. The van der Waals surface area contributed by atoms with Crippen molar-refractivity contribution in [2.45, 2.75) is 17.7 Å². The predicted octanol–water partition coefficient (Wildman–Crippen LogP) is 1.90. The topological polar surface area (TPSA) is 82.3 Å². The van der Waals surface area contributed by atoms with Crippen molar-refractivity contribution in [1.29, 1.82) is 5.26 Å². The second kappa shape index (κ2) is 6.44. The lowest BCUT2D eigenvalue weighted by atomic mass is 9.73. The van der Waals surface area contributed by atoms with Crippen LogP contribution in [0.1, 0.15) is 17.0 Å². The highest BCUT2D eigenvalue weighted by Crippen LogP contribution is 2.42. The number of nitrogens with one attached hydrogen (secondary N) is 1. The maximum Gasteiger partial charge on any atom is 0.240 e. The number of ether oxygens (including phenoxy) is 1. The van der Waals surface area contributed by atoms with Crippen LogP contribution in [0.5, 0.6) is 0 Å². The molecule has 2 aromatic carbocycles. The van der Waals surface area contributed by atoms with Crippen LogP contribution in [0.25, 0.3) is 0 Å². The molecule has 5 nitrogen and oxygen atoms in total. The molecule has 0 spiro atoms. The molecule has 0 saturated carbocycles. The van der Waals surface area contributed by atoms with Crippen LogP contribution < -0.4 is 5.32 Å². The SMILES string of the molecule is COC1C(c2ccccc2)C(C#N)C(=O)NC1(O)c1ccccc1. The molecular weight excluding hydrogens is 304 g/mol. The summed E-state index contributed by atoms with van der Waals surface area (Å²) in [7, 11) is 1.47. The standard InChI is InChI=1S/C19H18N2O3/c1-24-17-16(13-8-4-2-5-9-13)15(12-20)18(22)21-19(17,23)14-10-6-3-7-11-14/h2-11,15-17,23H,1H3,(H,21,22). The molecule has 4 unspecified atom stereocenters. The third kappa shape index (κ3) is 2.56. The summed E-state index contributed by atoms with van der Waals surface area (Å²) < 4.78 is 5.59. The van der Waals surface area contributed by atoms with Crippen molar-refractivity contribution in [3.8, 4) is 6.07 Å². The first-order chi connectivity index (χ1) is 11.6. The molecule has 5 heteroatoms. The summed E-state index contributed by atoms with van der Waals surface area (Å²) in [6.45, 7) is 0. The second-order valence-electron chi connectivity index (χ2n) is 5.82. The second-order valence-corrected chi connectivity index (χ2v) is 5.82. The summed E-state index contributed by atoms with van der Waals surface area (Å²) in [5.41, 5.74) is -0.413. The molecule has 0 bridgehead atoms. The Balaban J connectivity index is 2.14. The quantitative estimate of drug-likeness (QED) is 0.904. The fraction of sp³-hybridized carbons (Fsp3) is 0.263. The highest BCUT2D eigenvalue weighted by atomic mass is 16.5. The number of aliphatic hydroxyl groups is 1. The number of nitriles is 1. The Labute approximate surface area is 140 Å². The van der Waals surface area contributed by atoms with Crippen LogP contribution in [0.2, 0.25) is 0 Å². The Hall–Kier alpha value is -2.68. The highest BCUT2D eigenvalue weighted by molar-refractivity contribution is 5.84. The zero-order chi connectivity index (χ0) is 17.2. The fourth-order valence-corrected chi connectivity index (χ4v) is 3.36. The maximum absolute atomic E-state index is 12.5. The van der Waals surface area contributed by atoms with E-state index >= 15 is 0 Å². The van der Waals surface area contributed by atoms with Gasteiger partial charge in [-0.1, -0.05) is 60.7 Å². The van der Waals surface area contributed by atoms with E-state index < -0.39 is 29.6 Å². The molecule has 1 saturated heterocycles. The Kier molecular flexibility index (Phi) is 4.34. The summed E-state index contributed by atoms with van der Waals surface area (Å²) in [5.74, 6) is -2.03. The molecule has 1 aliphatic heterocycles. The van der Waals surface area contributed by atoms with Crippen LogP contribution >= 0.6 is 0 Å². The summed E-state index contributed by atoms with van der Waals surface area (Å²) >= 11 is 0. The summed E-state index contributed by atoms with van der Waals surface area (Å²) in [4.78, 5) is 12.5. The molecule has 1 fully saturated rings. The van der Waals surface area contributed by atoms with E-state index in [-0.39, 0.29) is 0 Å².